The fraction of sp³-hybridized carbons (Fsp3) is 0.391. The lowest BCUT2D eigenvalue weighted by Crippen LogP contribution is -2.35. The molecule has 0 bridgehead atoms. The second kappa shape index (κ2) is 9.93. The van der Waals surface area contributed by atoms with Crippen LogP contribution in [0.2, 0.25) is 0 Å². The molecule has 0 spiro atoms. The standard InChI is InChI=1S/C23H29NO4/c1-23(2,3)28-22(26)24-21(18-8-6-5-7-9-18)16-19(25)13-10-17-11-14-20(27-4)15-12-17/h5-9,11-12,14-15,21H,10,13,16H2,1-4H3,(H,24,26)/t21-/m0/s1. The van der Waals surface area contributed by atoms with Crippen LogP contribution in [0.15, 0.2) is 54.6 Å². The van der Waals surface area contributed by atoms with E-state index in [4.69, 9.17) is 9.47 Å². The van der Waals surface area contributed by atoms with Gasteiger partial charge in [0.1, 0.15) is 17.1 Å². The molecule has 0 aliphatic carbocycles. The van der Waals surface area contributed by atoms with E-state index in [1.807, 2.05) is 75.4 Å². The molecule has 0 unspecified atom stereocenters. The Morgan fingerprint density at radius 1 is 1.00 bits per heavy atom. The SMILES string of the molecule is COc1ccc(CCC(=O)C[C@H](NC(=O)OC(C)(C)C)c2ccccc2)cc1. The molecule has 1 atom stereocenters. The Hall–Kier alpha value is -2.82. The van der Waals surface area contributed by atoms with Crippen molar-refractivity contribution in [2.75, 3.05) is 7.11 Å². The molecule has 0 saturated heterocycles. The second-order valence-corrected chi connectivity index (χ2v) is 7.70. The molecule has 0 radical (unpaired) electrons. The number of alkyl carbamates (subject to hydrolysis) is 1. The third-order valence-corrected chi connectivity index (χ3v) is 4.18. The van der Waals surface area contributed by atoms with Crippen LogP contribution in [0.25, 0.3) is 0 Å². The topological polar surface area (TPSA) is 64.6 Å². The Morgan fingerprint density at radius 3 is 2.21 bits per heavy atom. The zero-order chi connectivity index (χ0) is 20.6. The number of amides is 1. The molecule has 5 heteroatoms. The quantitative estimate of drug-likeness (QED) is 0.707. The van der Waals surface area contributed by atoms with Gasteiger partial charge in [0, 0.05) is 12.8 Å². The Bertz CT molecular complexity index is 763. The van der Waals surface area contributed by atoms with Gasteiger partial charge in [-0.25, -0.2) is 4.79 Å². The van der Waals surface area contributed by atoms with E-state index in [9.17, 15) is 9.59 Å². The van der Waals surface area contributed by atoms with Gasteiger partial charge in [-0.3, -0.25) is 4.79 Å². The van der Waals surface area contributed by atoms with E-state index in [0.717, 1.165) is 16.9 Å². The summed E-state index contributed by atoms with van der Waals surface area (Å²) in [5.74, 6) is 0.876. The number of Topliss-reactive ketones (excluding diaryl/α,β-unsaturated/α-hetero) is 1. The third-order valence-electron chi connectivity index (χ3n) is 4.18. The maximum absolute atomic E-state index is 12.6. The number of methoxy groups -OCH3 is 1. The lowest BCUT2D eigenvalue weighted by atomic mass is 9.98. The van der Waals surface area contributed by atoms with E-state index in [1.165, 1.54) is 0 Å². The van der Waals surface area contributed by atoms with Gasteiger partial charge in [-0.15, -0.1) is 0 Å². The van der Waals surface area contributed by atoms with E-state index < -0.39 is 17.7 Å². The molecule has 28 heavy (non-hydrogen) atoms. The van der Waals surface area contributed by atoms with Crippen molar-refractivity contribution in [3.8, 4) is 5.75 Å². The summed E-state index contributed by atoms with van der Waals surface area (Å²) in [7, 11) is 1.62. The summed E-state index contributed by atoms with van der Waals surface area (Å²) >= 11 is 0. The average molecular weight is 383 g/mol. The molecule has 150 valence electrons. The van der Waals surface area contributed by atoms with Crippen molar-refractivity contribution >= 4 is 11.9 Å². The summed E-state index contributed by atoms with van der Waals surface area (Å²) in [5, 5.41) is 2.84. The Balaban J connectivity index is 1.98. The van der Waals surface area contributed by atoms with Crippen LogP contribution in [0, 0.1) is 0 Å². The molecule has 1 amide bonds. The number of carbonyl (C=O) groups is 2. The highest BCUT2D eigenvalue weighted by Crippen LogP contribution is 2.20. The Labute approximate surface area is 167 Å². The van der Waals surface area contributed by atoms with E-state index in [1.54, 1.807) is 7.11 Å². The molecule has 0 aliphatic heterocycles. The van der Waals surface area contributed by atoms with E-state index in [-0.39, 0.29) is 12.2 Å². The number of carbonyl (C=O) groups excluding carboxylic acids is 2. The first kappa shape index (κ1) is 21.5. The van der Waals surface area contributed by atoms with Gasteiger partial charge < -0.3 is 14.8 Å². The maximum Gasteiger partial charge on any atom is 0.408 e. The van der Waals surface area contributed by atoms with Crippen LogP contribution in [-0.2, 0) is 16.0 Å². The highest BCUT2D eigenvalue weighted by atomic mass is 16.6. The number of hydrogen-bond donors (Lipinski definition) is 1. The maximum atomic E-state index is 12.6. The van der Waals surface area contributed by atoms with Crippen molar-refractivity contribution in [1.29, 1.82) is 0 Å². The smallest absolute Gasteiger partial charge is 0.408 e. The van der Waals surface area contributed by atoms with Crippen molar-refractivity contribution in [2.24, 2.45) is 0 Å². The molecule has 0 aliphatic rings. The summed E-state index contributed by atoms with van der Waals surface area (Å²) in [6.45, 7) is 5.43. The molecule has 1 N–H and O–H groups in total. The minimum Gasteiger partial charge on any atom is -0.497 e. The highest BCUT2D eigenvalue weighted by molar-refractivity contribution is 5.80. The number of benzene rings is 2. The third kappa shape index (κ3) is 7.43. The van der Waals surface area contributed by atoms with Crippen LogP contribution < -0.4 is 10.1 Å². The summed E-state index contributed by atoms with van der Waals surface area (Å²) in [5.41, 5.74) is 1.36. The van der Waals surface area contributed by atoms with Crippen molar-refractivity contribution in [1.82, 2.24) is 5.32 Å². The van der Waals surface area contributed by atoms with Crippen molar-refractivity contribution in [3.05, 3.63) is 65.7 Å². The largest absolute Gasteiger partial charge is 0.497 e. The van der Waals surface area contributed by atoms with Gasteiger partial charge in [0.15, 0.2) is 0 Å². The van der Waals surface area contributed by atoms with E-state index in [0.29, 0.717) is 12.8 Å². The van der Waals surface area contributed by atoms with Crippen LogP contribution in [-0.4, -0.2) is 24.6 Å². The Kier molecular flexibility index (Phi) is 7.61. The first-order valence-corrected chi connectivity index (χ1v) is 9.46. The molecule has 0 heterocycles. The number of ketones is 1. The van der Waals surface area contributed by atoms with E-state index in [2.05, 4.69) is 5.32 Å². The summed E-state index contributed by atoms with van der Waals surface area (Å²) in [6.07, 6.45) is 0.756. The summed E-state index contributed by atoms with van der Waals surface area (Å²) < 4.78 is 10.5. The molecular weight excluding hydrogens is 354 g/mol. The molecule has 2 aromatic carbocycles. The lowest BCUT2D eigenvalue weighted by Gasteiger charge is -2.23. The molecule has 2 rings (SSSR count). The molecule has 0 fully saturated rings. The van der Waals surface area contributed by atoms with Crippen LogP contribution in [0.3, 0.4) is 0 Å². The number of nitrogens with one attached hydrogen (secondary N) is 1. The number of rotatable bonds is 8. The highest BCUT2D eigenvalue weighted by Gasteiger charge is 2.22. The molecule has 0 aromatic heterocycles. The average Bonchev–Trinajstić information content (AvgIpc) is 2.65. The van der Waals surface area contributed by atoms with Crippen molar-refractivity contribution < 1.29 is 19.1 Å². The normalized spacial score (nSPS) is 12.1. The zero-order valence-corrected chi connectivity index (χ0v) is 17.0. The van der Waals surface area contributed by atoms with Crippen molar-refractivity contribution in [3.63, 3.8) is 0 Å². The monoisotopic (exact) mass is 383 g/mol. The van der Waals surface area contributed by atoms with Crippen molar-refractivity contribution in [2.45, 2.75) is 51.7 Å². The van der Waals surface area contributed by atoms with Gasteiger partial charge in [-0.2, -0.15) is 0 Å². The number of ether oxygens (including phenoxy) is 2. The van der Waals surface area contributed by atoms with Crippen LogP contribution in [0.4, 0.5) is 4.79 Å². The number of aryl methyl sites for hydroxylation is 1. The minimum atomic E-state index is -0.594. The first-order chi connectivity index (χ1) is 13.3. The lowest BCUT2D eigenvalue weighted by molar-refractivity contribution is -0.119. The molecule has 2 aromatic rings. The fourth-order valence-electron chi connectivity index (χ4n) is 2.79. The minimum absolute atomic E-state index is 0.0840. The van der Waals surface area contributed by atoms with Crippen LogP contribution in [0.5, 0.6) is 5.75 Å². The predicted octanol–water partition coefficient (Wildman–Crippen LogP) is 4.85. The zero-order valence-electron chi connectivity index (χ0n) is 17.0. The van der Waals surface area contributed by atoms with Gasteiger partial charge in [-0.1, -0.05) is 42.5 Å². The summed E-state index contributed by atoms with van der Waals surface area (Å²) in [6, 6.07) is 16.8. The molecule has 0 saturated carbocycles. The molecule has 5 nitrogen and oxygen atoms in total. The van der Waals surface area contributed by atoms with Gasteiger partial charge in [0.05, 0.1) is 13.2 Å². The predicted molar refractivity (Wildman–Crippen MR) is 109 cm³/mol. The second-order valence-electron chi connectivity index (χ2n) is 7.70. The van der Waals surface area contributed by atoms with Gasteiger partial charge in [-0.05, 0) is 50.5 Å². The first-order valence-electron chi connectivity index (χ1n) is 9.46. The van der Waals surface area contributed by atoms with Gasteiger partial charge in [0.25, 0.3) is 0 Å². The fourth-order valence-corrected chi connectivity index (χ4v) is 2.79. The Morgan fingerprint density at radius 2 is 1.64 bits per heavy atom. The number of hydrogen-bond acceptors (Lipinski definition) is 4. The van der Waals surface area contributed by atoms with Gasteiger partial charge in [0.2, 0.25) is 0 Å². The van der Waals surface area contributed by atoms with E-state index >= 15 is 0 Å². The van der Waals surface area contributed by atoms with Gasteiger partial charge >= 0.3 is 6.09 Å². The summed E-state index contributed by atoms with van der Waals surface area (Å²) in [4.78, 5) is 24.8. The van der Waals surface area contributed by atoms with Crippen LogP contribution in [0.1, 0.15) is 50.8 Å². The van der Waals surface area contributed by atoms with Crippen LogP contribution >= 0.6 is 0 Å². The molecular formula is C23H29NO4.